The first kappa shape index (κ1) is 16.8. The van der Waals surface area contributed by atoms with Crippen LogP contribution >= 0.6 is 15.9 Å². The highest BCUT2D eigenvalue weighted by molar-refractivity contribution is 9.12. The molecule has 22 heavy (non-hydrogen) atoms. The SMILES string of the molecule is CC(C)(C)c1ccc(S(=O)(=O)/N=C2/C=CC(=O)C(Br)=C2)cc1. The molecule has 0 heterocycles. The Hall–Kier alpha value is -1.53. The summed E-state index contributed by atoms with van der Waals surface area (Å²) in [5.74, 6) is -0.217. The Morgan fingerprint density at radius 2 is 1.64 bits per heavy atom. The molecule has 1 aromatic carbocycles. The number of benzene rings is 1. The molecule has 0 saturated carbocycles. The van der Waals surface area contributed by atoms with Crippen LogP contribution in [0.2, 0.25) is 0 Å². The summed E-state index contributed by atoms with van der Waals surface area (Å²) in [5, 5.41) is 0. The van der Waals surface area contributed by atoms with Gasteiger partial charge in [-0.2, -0.15) is 12.8 Å². The Bertz CT molecular complexity index is 795. The molecule has 6 heteroatoms. The molecule has 0 fully saturated rings. The van der Waals surface area contributed by atoms with E-state index in [9.17, 15) is 13.2 Å². The minimum Gasteiger partial charge on any atom is -0.289 e. The van der Waals surface area contributed by atoms with Crippen molar-refractivity contribution in [2.75, 3.05) is 0 Å². The van der Waals surface area contributed by atoms with Crippen LogP contribution in [0.5, 0.6) is 0 Å². The zero-order valence-electron chi connectivity index (χ0n) is 12.5. The van der Waals surface area contributed by atoms with Crippen LogP contribution in [0.1, 0.15) is 26.3 Å². The molecule has 2 rings (SSSR count). The number of hydrogen-bond donors (Lipinski definition) is 0. The van der Waals surface area contributed by atoms with Crippen LogP contribution in [-0.4, -0.2) is 19.9 Å². The van der Waals surface area contributed by atoms with Gasteiger partial charge in [0.25, 0.3) is 10.0 Å². The minimum absolute atomic E-state index is 0.0474. The molecule has 4 nitrogen and oxygen atoms in total. The average Bonchev–Trinajstić information content (AvgIpc) is 2.42. The van der Waals surface area contributed by atoms with Crippen LogP contribution in [0.4, 0.5) is 0 Å². The van der Waals surface area contributed by atoms with Crippen molar-refractivity contribution >= 4 is 37.4 Å². The first-order valence-corrected chi connectivity index (χ1v) is 8.88. The largest absolute Gasteiger partial charge is 0.289 e. The maximum atomic E-state index is 12.3. The van der Waals surface area contributed by atoms with E-state index in [1.165, 1.54) is 18.2 Å². The van der Waals surface area contributed by atoms with Crippen molar-refractivity contribution in [2.45, 2.75) is 31.1 Å². The first-order valence-electron chi connectivity index (χ1n) is 6.65. The molecule has 0 saturated heterocycles. The molecular formula is C16H16BrNO3S. The molecule has 0 unspecified atom stereocenters. The zero-order chi connectivity index (χ0) is 16.5. The van der Waals surface area contributed by atoms with Gasteiger partial charge in [0.05, 0.1) is 15.1 Å². The van der Waals surface area contributed by atoms with Gasteiger partial charge in [-0.3, -0.25) is 4.79 Å². The fraction of sp³-hybridized carbons (Fsp3) is 0.250. The van der Waals surface area contributed by atoms with Gasteiger partial charge >= 0.3 is 0 Å². The van der Waals surface area contributed by atoms with Gasteiger partial charge in [0.15, 0.2) is 5.78 Å². The number of allylic oxidation sites excluding steroid dienone is 4. The molecular weight excluding hydrogens is 366 g/mol. The summed E-state index contributed by atoms with van der Waals surface area (Å²) >= 11 is 3.07. The molecule has 0 radical (unpaired) electrons. The fourth-order valence-electron chi connectivity index (χ4n) is 1.86. The van der Waals surface area contributed by atoms with Crippen molar-refractivity contribution in [1.82, 2.24) is 0 Å². The second-order valence-corrected chi connectivity index (χ2v) is 8.41. The van der Waals surface area contributed by atoms with E-state index in [0.29, 0.717) is 0 Å². The van der Waals surface area contributed by atoms with E-state index in [4.69, 9.17) is 0 Å². The normalized spacial score (nSPS) is 17.7. The van der Waals surface area contributed by atoms with Gasteiger partial charge in [-0.25, -0.2) is 0 Å². The summed E-state index contributed by atoms with van der Waals surface area (Å²) in [6.07, 6.45) is 4.05. The van der Waals surface area contributed by atoms with Gasteiger partial charge in [0.2, 0.25) is 0 Å². The number of hydrogen-bond acceptors (Lipinski definition) is 3. The summed E-state index contributed by atoms with van der Waals surface area (Å²) in [6.45, 7) is 6.18. The number of rotatable bonds is 2. The van der Waals surface area contributed by atoms with E-state index in [0.717, 1.165) is 5.56 Å². The number of halogens is 1. The standard InChI is InChI=1S/C16H16BrNO3S/c1-16(2,3)11-4-7-13(8-5-11)22(20,21)18-12-6-9-15(19)14(17)10-12/h4-10H,1-3H3/b18-12-. The quantitative estimate of drug-likeness (QED) is 0.735. The van der Waals surface area contributed by atoms with E-state index < -0.39 is 10.0 Å². The van der Waals surface area contributed by atoms with Crippen LogP contribution < -0.4 is 0 Å². The van der Waals surface area contributed by atoms with Crippen LogP contribution in [0, 0.1) is 0 Å². The average molecular weight is 382 g/mol. The van der Waals surface area contributed by atoms with Crippen molar-refractivity contribution in [1.29, 1.82) is 0 Å². The van der Waals surface area contributed by atoms with Crippen molar-refractivity contribution in [3.63, 3.8) is 0 Å². The lowest BCUT2D eigenvalue weighted by molar-refractivity contribution is -0.110. The lowest BCUT2D eigenvalue weighted by atomic mass is 9.87. The fourth-order valence-corrected chi connectivity index (χ4v) is 3.21. The number of ketones is 1. The first-order chi connectivity index (χ1) is 10.1. The lowest BCUT2D eigenvalue weighted by Gasteiger charge is -2.18. The zero-order valence-corrected chi connectivity index (χ0v) is 14.9. The number of sulfonamides is 1. The van der Waals surface area contributed by atoms with Gasteiger partial charge in [0.1, 0.15) is 0 Å². The maximum Gasteiger partial charge on any atom is 0.282 e. The van der Waals surface area contributed by atoms with Gasteiger partial charge in [-0.15, -0.1) is 0 Å². The Morgan fingerprint density at radius 1 is 1.05 bits per heavy atom. The van der Waals surface area contributed by atoms with E-state index in [1.807, 2.05) is 0 Å². The highest BCUT2D eigenvalue weighted by Gasteiger charge is 2.18. The second kappa shape index (κ2) is 5.93. The molecule has 0 aromatic heterocycles. The molecule has 116 valence electrons. The molecule has 0 aliphatic heterocycles. The predicted octanol–water partition coefficient (Wildman–Crippen LogP) is 3.53. The van der Waals surface area contributed by atoms with E-state index >= 15 is 0 Å². The molecule has 0 atom stereocenters. The molecule has 0 N–H and O–H groups in total. The maximum absolute atomic E-state index is 12.3. The van der Waals surface area contributed by atoms with Gasteiger partial charge < -0.3 is 0 Å². The van der Waals surface area contributed by atoms with Gasteiger partial charge in [-0.05, 0) is 57.3 Å². The number of nitrogens with zero attached hydrogens (tertiary/aromatic N) is 1. The van der Waals surface area contributed by atoms with Crippen molar-refractivity contribution in [3.05, 3.63) is 52.5 Å². The molecule has 0 spiro atoms. The van der Waals surface area contributed by atoms with Gasteiger partial charge in [-0.1, -0.05) is 32.9 Å². The van der Waals surface area contributed by atoms with Gasteiger partial charge in [0, 0.05) is 0 Å². The molecule has 1 aliphatic rings. The molecule has 1 aromatic rings. The van der Waals surface area contributed by atoms with E-state index in [1.54, 1.807) is 24.3 Å². The topological polar surface area (TPSA) is 63.6 Å². The van der Waals surface area contributed by atoms with Crippen molar-refractivity contribution in [3.8, 4) is 0 Å². The predicted molar refractivity (Wildman–Crippen MR) is 90.9 cm³/mol. The summed E-state index contributed by atoms with van der Waals surface area (Å²) < 4.78 is 28.6. The highest BCUT2D eigenvalue weighted by atomic mass is 79.9. The third kappa shape index (κ3) is 3.81. The summed E-state index contributed by atoms with van der Waals surface area (Å²) in [7, 11) is -3.80. The van der Waals surface area contributed by atoms with Crippen LogP contribution in [0.3, 0.4) is 0 Å². The summed E-state index contributed by atoms with van der Waals surface area (Å²) in [4.78, 5) is 11.4. The minimum atomic E-state index is -3.80. The second-order valence-electron chi connectivity index (χ2n) is 5.96. The van der Waals surface area contributed by atoms with Crippen LogP contribution in [-0.2, 0) is 20.2 Å². The molecule has 0 bridgehead atoms. The Labute approximate surface area is 138 Å². The highest BCUT2D eigenvalue weighted by Crippen LogP contribution is 2.24. The van der Waals surface area contributed by atoms with Crippen LogP contribution in [0.15, 0.2) is 56.3 Å². The Balaban J connectivity index is 2.36. The number of carbonyl (C=O) groups excluding carboxylic acids is 1. The Morgan fingerprint density at radius 3 is 2.14 bits per heavy atom. The third-order valence-corrected chi connectivity index (χ3v) is 5.10. The molecule has 0 amide bonds. The van der Waals surface area contributed by atoms with E-state index in [-0.39, 0.29) is 26.3 Å². The number of carbonyl (C=O) groups is 1. The molecule has 1 aliphatic carbocycles. The van der Waals surface area contributed by atoms with E-state index in [2.05, 4.69) is 41.1 Å². The summed E-state index contributed by atoms with van der Waals surface area (Å²) in [5.41, 5.74) is 1.21. The van der Waals surface area contributed by atoms with Crippen molar-refractivity contribution < 1.29 is 13.2 Å². The Kier molecular flexibility index (Phi) is 4.54. The van der Waals surface area contributed by atoms with Crippen molar-refractivity contribution in [2.24, 2.45) is 4.40 Å². The lowest BCUT2D eigenvalue weighted by Crippen LogP contribution is -2.11. The third-order valence-electron chi connectivity index (χ3n) is 3.16. The van der Waals surface area contributed by atoms with Crippen LogP contribution in [0.25, 0.3) is 0 Å². The smallest absolute Gasteiger partial charge is 0.282 e. The summed E-state index contributed by atoms with van der Waals surface area (Å²) in [6, 6.07) is 6.69. The monoisotopic (exact) mass is 381 g/mol.